The number of benzene rings is 1. The minimum atomic E-state index is -0.0598. The normalized spacial score (nSPS) is 10.3. The molecule has 0 spiro atoms. The number of carbonyl (C=O) groups excluding carboxylic acids is 1. The molecule has 2 N–H and O–H groups in total. The van der Waals surface area contributed by atoms with Crippen molar-refractivity contribution in [2.45, 2.75) is 6.54 Å². The lowest BCUT2D eigenvalue weighted by molar-refractivity contribution is 0.0786. The Morgan fingerprint density at radius 3 is 2.78 bits per heavy atom. The topological polar surface area (TPSA) is 46.3 Å². The highest BCUT2D eigenvalue weighted by atomic mass is 79.9. The molecule has 1 aromatic carbocycles. The standard InChI is InChI=1S/C13H13BrN2OS/c1-16(7-9-6-12(14)18-8-9)13(17)10-4-2-3-5-11(10)15/h2-6,8H,7,15H2,1H3. The third kappa shape index (κ3) is 2.91. The number of nitrogen functional groups attached to an aromatic ring is 1. The first-order valence-electron chi connectivity index (χ1n) is 5.41. The second-order valence-corrected chi connectivity index (χ2v) is 6.30. The van der Waals surface area contributed by atoms with Crippen molar-refractivity contribution in [1.82, 2.24) is 4.90 Å². The van der Waals surface area contributed by atoms with Crippen molar-refractivity contribution in [3.8, 4) is 0 Å². The van der Waals surface area contributed by atoms with Crippen LogP contribution in [0.2, 0.25) is 0 Å². The minimum Gasteiger partial charge on any atom is -0.398 e. The fourth-order valence-electron chi connectivity index (χ4n) is 1.67. The van der Waals surface area contributed by atoms with Crippen LogP contribution in [0.3, 0.4) is 0 Å². The van der Waals surface area contributed by atoms with E-state index in [-0.39, 0.29) is 5.91 Å². The maximum Gasteiger partial charge on any atom is 0.255 e. The van der Waals surface area contributed by atoms with Crippen molar-refractivity contribution in [3.63, 3.8) is 0 Å². The van der Waals surface area contributed by atoms with Crippen LogP contribution < -0.4 is 5.73 Å². The van der Waals surface area contributed by atoms with Crippen molar-refractivity contribution < 1.29 is 4.79 Å². The molecular formula is C13H13BrN2OS. The zero-order chi connectivity index (χ0) is 13.1. The van der Waals surface area contributed by atoms with Gasteiger partial charge >= 0.3 is 0 Å². The highest BCUT2D eigenvalue weighted by Crippen LogP contribution is 2.22. The maximum atomic E-state index is 12.2. The molecule has 0 aliphatic carbocycles. The monoisotopic (exact) mass is 324 g/mol. The molecule has 1 heterocycles. The molecule has 0 aliphatic rings. The van der Waals surface area contributed by atoms with Crippen LogP contribution in [0.25, 0.3) is 0 Å². The van der Waals surface area contributed by atoms with Crippen LogP contribution in [-0.2, 0) is 6.54 Å². The van der Waals surface area contributed by atoms with Crippen LogP contribution in [0.15, 0.2) is 39.5 Å². The third-order valence-corrected chi connectivity index (χ3v) is 4.13. The van der Waals surface area contributed by atoms with E-state index in [1.807, 2.05) is 23.6 Å². The van der Waals surface area contributed by atoms with Gasteiger partial charge in [0.1, 0.15) is 0 Å². The van der Waals surface area contributed by atoms with Gasteiger partial charge in [-0.05, 0) is 45.1 Å². The Bertz CT molecular complexity index is 568. The van der Waals surface area contributed by atoms with E-state index >= 15 is 0 Å². The van der Waals surface area contributed by atoms with E-state index in [1.54, 1.807) is 35.4 Å². The van der Waals surface area contributed by atoms with Crippen LogP contribution in [0.5, 0.6) is 0 Å². The molecule has 94 valence electrons. The number of halogens is 1. The van der Waals surface area contributed by atoms with Crippen LogP contribution in [0.1, 0.15) is 15.9 Å². The van der Waals surface area contributed by atoms with E-state index in [0.717, 1.165) is 9.35 Å². The van der Waals surface area contributed by atoms with Gasteiger partial charge in [-0.1, -0.05) is 12.1 Å². The zero-order valence-corrected chi connectivity index (χ0v) is 12.3. The summed E-state index contributed by atoms with van der Waals surface area (Å²) in [5, 5.41) is 2.03. The molecule has 2 rings (SSSR count). The summed E-state index contributed by atoms with van der Waals surface area (Å²) in [6.45, 7) is 0.579. The smallest absolute Gasteiger partial charge is 0.255 e. The summed E-state index contributed by atoms with van der Waals surface area (Å²) in [5.74, 6) is -0.0598. The minimum absolute atomic E-state index is 0.0598. The molecule has 2 aromatic rings. The first kappa shape index (κ1) is 13.1. The Morgan fingerprint density at radius 2 is 2.17 bits per heavy atom. The highest BCUT2D eigenvalue weighted by molar-refractivity contribution is 9.11. The molecule has 5 heteroatoms. The van der Waals surface area contributed by atoms with Crippen molar-refractivity contribution in [3.05, 3.63) is 50.6 Å². The molecule has 0 saturated heterocycles. The Hall–Kier alpha value is -1.33. The van der Waals surface area contributed by atoms with E-state index in [0.29, 0.717) is 17.8 Å². The third-order valence-electron chi connectivity index (χ3n) is 2.58. The van der Waals surface area contributed by atoms with Crippen molar-refractivity contribution in [2.24, 2.45) is 0 Å². The zero-order valence-electron chi connectivity index (χ0n) is 9.89. The Balaban J connectivity index is 2.12. The van der Waals surface area contributed by atoms with E-state index in [9.17, 15) is 4.79 Å². The molecule has 0 saturated carbocycles. The fourth-order valence-corrected chi connectivity index (χ4v) is 2.87. The van der Waals surface area contributed by atoms with Gasteiger partial charge < -0.3 is 10.6 Å². The van der Waals surface area contributed by atoms with E-state index < -0.39 is 0 Å². The van der Waals surface area contributed by atoms with Crippen LogP contribution in [-0.4, -0.2) is 17.9 Å². The molecule has 0 atom stereocenters. The summed E-state index contributed by atoms with van der Waals surface area (Å²) in [5.41, 5.74) is 7.98. The lowest BCUT2D eigenvalue weighted by Gasteiger charge is -2.17. The largest absolute Gasteiger partial charge is 0.398 e. The number of rotatable bonds is 3. The number of thiophene rings is 1. The second-order valence-electron chi connectivity index (χ2n) is 4.01. The predicted molar refractivity (Wildman–Crippen MR) is 78.7 cm³/mol. The summed E-state index contributed by atoms with van der Waals surface area (Å²) in [4.78, 5) is 13.9. The van der Waals surface area contributed by atoms with Gasteiger partial charge in [0.05, 0.1) is 9.35 Å². The molecule has 0 fully saturated rings. The number of amides is 1. The van der Waals surface area contributed by atoms with Gasteiger partial charge in [0.25, 0.3) is 5.91 Å². The molecular weight excluding hydrogens is 312 g/mol. The molecule has 0 bridgehead atoms. The SMILES string of the molecule is CN(Cc1csc(Br)c1)C(=O)c1ccccc1N. The Labute approximate surface area is 118 Å². The molecule has 1 aromatic heterocycles. The maximum absolute atomic E-state index is 12.2. The predicted octanol–water partition coefficient (Wildman–Crippen LogP) is 3.37. The molecule has 0 unspecified atom stereocenters. The lowest BCUT2D eigenvalue weighted by Crippen LogP contribution is -2.26. The number of para-hydroxylation sites is 1. The summed E-state index contributed by atoms with van der Waals surface area (Å²) < 4.78 is 1.07. The summed E-state index contributed by atoms with van der Waals surface area (Å²) in [7, 11) is 1.78. The van der Waals surface area contributed by atoms with Crippen LogP contribution >= 0.6 is 27.3 Å². The molecule has 3 nitrogen and oxygen atoms in total. The summed E-state index contributed by atoms with van der Waals surface area (Å²) >= 11 is 5.02. The second kappa shape index (κ2) is 5.54. The number of hydrogen-bond donors (Lipinski definition) is 1. The Morgan fingerprint density at radius 1 is 1.44 bits per heavy atom. The summed E-state index contributed by atoms with van der Waals surface area (Å²) in [6.07, 6.45) is 0. The van der Waals surface area contributed by atoms with Gasteiger partial charge in [-0.3, -0.25) is 4.79 Å². The number of nitrogens with two attached hydrogens (primary N) is 1. The molecule has 0 aliphatic heterocycles. The molecule has 0 radical (unpaired) electrons. The van der Waals surface area contributed by atoms with Crippen LogP contribution in [0, 0.1) is 0 Å². The first-order valence-corrected chi connectivity index (χ1v) is 7.08. The molecule has 18 heavy (non-hydrogen) atoms. The van der Waals surface area contributed by atoms with Gasteiger partial charge in [0.15, 0.2) is 0 Å². The average Bonchev–Trinajstić information content (AvgIpc) is 2.74. The quantitative estimate of drug-likeness (QED) is 0.880. The number of hydrogen-bond acceptors (Lipinski definition) is 3. The van der Waals surface area contributed by atoms with Crippen molar-refractivity contribution >= 4 is 38.9 Å². The van der Waals surface area contributed by atoms with E-state index in [1.165, 1.54) is 0 Å². The highest BCUT2D eigenvalue weighted by Gasteiger charge is 2.14. The first-order chi connectivity index (χ1) is 8.58. The van der Waals surface area contributed by atoms with Crippen molar-refractivity contribution in [2.75, 3.05) is 12.8 Å². The van der Waals surface area contributed by atoms with E-state index in [4.69, 9.17) is 5.73 Å². The van der Waals surface area contributed by atoms with Gasteiger partial charge in [-0.25, -0.2) is 0 Å². The average molecular weight is 325 g/mol. The van der Waals surface area contributed by atoms with Crippen LogP contribution in [0.4, 0.5) is 5.69 Å². The Kier molecular flexibility index (Phi) is 4.04. The van der Waals surface area contributed by atoms with Gasteiger partial charge in [0, 0.05) is 19.3 Å². The molecule has 1 amide bonds. The van der Waals surface area contributed by atoms with Gasteiger partial charge in [-0.15, -0.1) is 11.3 Å². The number of anilines is 1. The van der Waals surface area contributed by atoms with E-state index in [2.05, 4.69) is 15.9 Å². The summed E-state index contributed by atoms with van der Waals surface area (Å²) in [6, 6.07) is 9.14. The lowest BCUT2D eigenvalue weighted by atomic mass is 10.1. The number of carbonyl (C=O) groups is 1. The van der Waals surface area contributed by atoms with Gasteiger partial charge in [-0.2, -0.15) is 0 Å². The number of nitrogens with zero attached hydrogens (tertiary/aromatic N) is 1. The van der Waals surface area contributed by atoms with Crippen molar-refractivity contribution in [1.29, 1.82) is 0 Å². The fraction of sp³-hybridized carbons (Fsp3) is 0.154. The van der Waals surface area contributed by atoms with Gasteiger partial charge in [0.2, 0.25) is 0 Å².